The zero-order valence-electron chi connectivity index (χ0n) is 14.3. The summed E-state index contributed by atoms with van der Waals surface area (Å²) in [6.07, 6.45) is 5.33. The lowest BCUT2D eigenvalue weighted by molar-refractivity contribution is 0.335. The van der Waals surface area contributed by atoms with Gasteiger partial charge in [-0.05, 0) is 37.0 Å². The van der Waals surface area contributed by atoms with Crippen LogP contribution in [0.3, 0.4) is 0 Å². The number of rotatable bonds is 5. The monoisotopic (exact) mass is 390 g/mol. The SMILES string of the molecule is CS(=O)N1CCC(C=Nc2n[nH]c(Nc3cccc(Cl)c3)c2C#N)CC1. The summed E-state index contributed by atoms with van der Waals surface area (Å²) in [6, 6.07) is 9.35. The van der Waals surface area contributed by atoms with Crippen LogP contribution in [0, 0.1) is 17.2 Å². The summed E-state index contributed by atoms with van der Waals surface area (Å²) in [6.45, 7) is 1.57. The third-order valence-electron chi connectivity index (χ3n) is 4.22. The first-order chi connectivity index (χ1) is 12.6. The molecule has 1 aromatic carbocycles. The molecule has 1 saturated heterocycles. The molecule has 26 heavy (non-hydrogen) atoms. The fourth-order valence-corrected chi connectivity index (χ4v) is 3.71. The first-order valence-electron chi connectivity index (χ1n) is 8.20. The molecule has 1 aliphatic heterocycles. The molecule has 1 aliphatic rings. The van der Waals surface area contributed by atoms with Gasteiger partial charge < -0.3 is 5.32 Å². The van der Waals surface area contributed by atoms with Crippen molar-refractivity contribution < 1.29 is 4.21 Å². The highest BCUT2D eigenvalue weighted by atomic mass is 35.5. The second-order valence-electron chi connectivity index (χ2n) is 6.01. The van der Waals surface area contributed by atoms with Gasteiger partial charge in [-0.2, -0.15) is 10.4 Å². The molecule has 2 heterocycles. The molecule has 3 rings (SSSR count). The molecule has 0 bridgehead atoms. The number of hydrogen-bond donors (Lipinski definition) is 2. The van der Waals surface area contributed by atoms with E-state index in [-0.39, 0.29) is 0 Å². The fourth-order valence-electron chi connectivity index (χ4n) is 2.79. The molecule has 0 amide bonds. The summed E-state index contributed by atoms with van der Waals surface area (Å²) in [5.74, 6) is 1.14. The number of piperidine rings is 1. The van der Waals surface area contributed by atoms with Crippen molar-refractivity contribution in [3.63, 3.8) is 0 Å². The number of nitrogens with zero attached hydrogens (tertiary/aromatic N) is 4. The standard InChI is InChI=1S/C17H19ClN6OS/c1-26(25)24-7-5-12(6-8-24)11-20-16-15(10-19)17(23-22-16)21-14-4-2-3-13(18)9-14/h2-4,9,11-12H,5-8H2,1H3,(H2,21,22,23). The second-order valence-corrected chi connectivity index (χ2v) is 7.81. The second kappa shape index (κ2) is 8.45. The van der Waals surface area contributed by atoms with Crippen LogP contribution in [0.5, 0.6) is 0 Å². The van der Waals surface area contributed by atoms with Gasteiger partial charge in [0.2, 0.25) is 0 Å². The maximum absolute atomic E-state index is 11.5. The minimum atomic E-state index is -0.919. The van der Waals surface area contributed by atoms with Gasteiger partial charge in [-0.1, -0.05) is 17.7 Å². The van der Waals surface area contributed by atoms with Crippen LogP contribution in [0.15, 0.2) is 29.3 Å². The number of benzene rings is 1. The average molecular weight is 391 g/mol. The Kier molecular flexibility index (Phi) is 6.04. The Bertz CT molecular complexity index is 866. The van der Waals surface area contributed by atoms with Gasteiger partial charge in [0.15, 0.2) is 5.82 Å². The van der Waals surface area contributed by atoms with Crippen molar-refractivity contribution in [2.45, 2.75) is 12.8 Å². The Hall–Kier alpha value is -2.21. The number of aliphatic imine (C=N–C) groups is 1. The van der Waals surface area contributed by atoms with E-state index in [4.69, 9.17) is 11.6 Å². The van der Waals surface area contributed by atoms with Gasteiger partial charge in [0, 0.05) is 36.3 Å². The van der Waals surface area contributed by atoms with E-state index in [1.54, 1.807) is 18.4 Å². The van der Waals surface area contributed by atoms with E-state index < -0.39 is 11.0 Å². The predicted molar refractivity (Wildman–Crippen MR) is 105 cm³/mol. The minimum Gasteiger partial charge on any atom is -0.339 e. The number of nitrogens with one attached hydrogen (secondary N) is 2. The van der Waals surface area contributed by atoms with E-state index in [2.05, 4.69) is 26.6 Å². The van der Waals surface area contributed by atoms with Crippen LogP contribution in [0.4, 0.5) is 17.3 Å². The van der Waals surface area contributed by atoms with Gasteiger partial charge in [0.25, 0.3) is 0 Å². The number of H-pyrrole nitrogens is 1. The van der Waals surface area contributed by atoms with E-state index in [1.807, 2.05) is 22.7 Å². The highest BCUT2D eigenvalue weighted by Gasteiger charge is 2.20. The lowest BCUT2D eigenvalue weighted by atomic mass is 10.00. The summed E-state index contributed by atoms with van der Waals surface area (Å²) in [4.78, 5) is 4.40. The summed E-state index contributed by atoms with van der Waals surface area (Å²) in [5.41, 5.74) is 1.11. The molecule has 9 heteroatoms. The number of halogens is 1. The largest absolute Gasteiger partial charge is 0.339 e. The zero-order valence-corrected chi connectivity index (χ0v) is 15.8. The summed E-state index contributed by atoms with van der Waals surface area (Å²) in [5, 5.41) is 20.1. The summed E-state index contributed by atoms with van der Waals surface area (Å²) >= 11 is 5.98. The van der Waals surface area contributed by atoms with Crippen molar-refractivity contribution in [3.05, 3.63) is 34.9 Å². The van der Waals surface area contributed by atoms with E-state index in [0.717, 1.165) is 31.6 Å². The Balaban J connectivity index is 1.69. The number of aromatic amines is 1. The highest BCUT2D eigenvalue weighted by Crippen LogP contribution is 2.27. The van der Waals surface area contributed by atoms with Gasteiger partial charge in [0.05, 0.1) is 11.0 Å². The normalized spacial score (nSPS) is 17.3. The van der Waals surface area contributed by atoms with Crippen LogP contribution < -0.4 is 5.32 Å². The molecular weight excluding hydrogens is 372 g/mol. The van der Waals surface area contributed by atoms with Crippen molar-refractivity contribution in [1.82, 2.24) is 14.5 Å². The molecule has 136 valence electrons. The Labute approximate surface area is 159 Å². The Morgan fingerprint density at radius 1 is 1.50 bits per heavy atom. The summed E-state index contributed by atoms with van der Waals surface area (Å²) in [7, 11) is -0.919. The Morgan fingerprint density at radius 2 is 2.27 bits per heavy atom. The van der Waals surface area contributed by atoms with E-state index >= 15 is 0 Å². The van der Waals surface area contributed by atoms with Crippen LogP contribution in [0.1, 0.15) is 18.4 Å². The quantitative estimate of drug-likeness (QED) is 0.764. The number of hydrogen-bond acceptors (Lipinski definition) is 5. The third-order valence-corrected chi connectivity index (χ3v) is 5.55. The number of anilines is 2. The molecule has 2 aromatic rings. The molecule has 0 saturated carbocycles. The molecule has 1 fully saturated rings. The lowest BCUT2D eigenvalue weighted by Crippen LogP contribution is -2.34. The van der Waals surface area contributed by atoms with Crippen molar-refractivity contribution in [3.8, 4) is 6.07 Å². The van der Waals surface area contributed by atoms with Crippen LogP contribution in [0.2, 0.25) is 5.02 Å². The van der Waals surface area contributed by atoms with Gasteiger partial charge in [-0.15, -0.1) is 0 Å². The van der Waals surface area contributed by atoms with Crippen LogP contribution in [-0.4, -0.2) is 44.3 Å². The van der Waals surface area contributed by atoms with Gasteiger partial charge in [-0.25, -0.2) is 13.5 Å². The molecule has 1 unspecified atom stereocenters. The molecule has 0 aliphatic carbocycles. The smallest absolute Gasteiger partial charge is 0.193 e. The highest BCUT2D eigenvalue weighted by molar-refractivity contribution is 7.81. The molecule has 0 radical (unpaired) electrons. The topological polar surface area (TPSA) is 97.2 Å². The molecule has 7 nitrogen and oxygen atoms in total. The van der Waals surface area contributed by atoms with Gasteiger partial charge in [-0.3, -0.25) is 5.10 Å². The molecule has 0 spiro atoms. The Morgan fingerprint density at radius 3 is 2.92 bits per heavy atom. The van der Waals surface area contributed by atoms with Crippen LogP contribution in [-0.2, 0) is 11.0 Å². The first-order valence-corrected chi connectivity index (χ1v) is 10.1. The van der Waals surface area contributed by atoms with Crippen molar-refractivity contribution >= 4 is 46.1 Å². The summed E-state index contributed by atoms with van der Waals surface area (Å²) < 4.78 is 13.4. The first kappa shape index (κ1) is 18.6. The fraction of sp³-hybridized carbons (Fsp3) is 0.353. The van der Waals surface area contributed by atoms with E-state index in [0.29, 0.717) is 28.1 Å². The van der Waals surface area contributed by atoms with Crippen LogP contribution >= 0.6 is 11.6 Å². The number of nitriles is 1. The predicted octanol–water partition coefficient (Wildman–Crippen LogP) is 3.39. The van der Waals surface area contributed by atoms with Gasteiger partial charge in [0.1, 0.15) is 17.5 Å². The van der Waals surface area contributed by atoms with Crippen LogP contribution in [0.25, 0.3) is 0 Å². The zero-order chi connectivity index (χ0) is 18.5. The molecule has 1 atom stereocenters. The maximum atomic E-state index is 11.5. The molecule has 2 N–H and O–H groups in total. The minimum absolute atomic E-state index is 0.294. The van der Waals surface area contributed by atoms with Crippen molar-refractivity contribution in [2.75, 3.05) is 24.7 Å². The maximum Gasteiger partial charge on any atom is 0.193 e. The van der Waals surface area contributed by atoms with Gasteiger partial charge >= 0.3 is 0 Å². The van der Waals surface area contributed by atoms with Crippen molar-refractivity contribution in [2.24, 2.45) is 10.9 Å². The number of aromatic nitrogens is 2. The molecular formula is C17H19ClN6OS. The third kappa shape index (κ3) is 4.49. The average Bonchev–Trinajstić information content (AvgIpc) is 3.02. The van der Waals surface area contributed by atoms with E-state index in [9.17, 15) is 9.47 Å². The van der Waals surface area contributed by atoms with E-state index in [1.165, 1.54) is 0 Å². The molecule has 1 aromatic heterocycles. The van der Waals surface area contributed by atoms with Crippen molar-refractivity contribution in [1.29, 1.82) is 5.26 Å². The lowest BCUT2D eigenvalue weighted by Gasteiger charge is -2.27.